The lowest BCUT2D eigenvalue weighted by Gasteiger charge is -2.22. The van der Waals surface area contributed by atoms with Crippen LogP contribution < -0.4 is 4.74 Å². The molecule has 1 aliphatic heterocycles. The molecule has 0 N–H and O–H groups in total. The summed E-state index contributed by atoms with van der Waals surface area (Å²) < 4.78 is 10.2. The third-order valence-corrected chi connectivity index (χ3v) is 3.97. The second-order valence-electron chi connectivity index (χ2n) is 5.22. The molecule has 1 aliphatic rings. The van der Waals surface area contributed by atoms with Gasteiger partial charge >= 0.3 is 5.97 Å². The molecular weight excluding hydrogens is 282 g/mol. The van der Waals surface area contributed by atoms with Gasteiger partial charge in [0.1, 0.15) is 5.75 Å². The highest BCUT2D eigenvalue weighted by atomic mass is 16.5. The summed E-state index contributed by atoms with van der Waals surface area (Å²) >= 11 is 0. The van der Waals surface area contributed by atoms with Crippen molar-refractivity contribution >= 4 is 11.9 Å². The minimum absolute atomic E-state index is 0.239. The van der Waals surface area contributed by atoms with Gasteiger partial charge in [0.05, 0.1) is 13.7 Å². The lowest BCUT2D eigenvalue weighted by Crippen LogP contribution is -2.40. The third-order valence-electron chi connectivity index (χ3n) is 3.97. The molecule has 0 radical (unpaired) electrons. The molecule has 1 amide bonds. The smallest absolute Gasteiger partial charge is 0.325 e. The highest BCUT2D eigenvalue weighted by molar-refractivity contribution is 6.06. The minimum atomic E-state index is -1.23. The van der Waals surface area contributed by atoms with Crippen molar-refractivity contribution in [3.63, 3.8) is 0 Å². The van der Waals surface area contributed by atoms with Crippen molar-refractivity contribution < 1.29 is 19.1 Å². The van der Waals surface area contributed by atoms with Gasteiger partial charge in [-0.1, -0.05) is 18.2 Å². The lowest BCUT2D eigenvalue weighted by atomic mass is 9.86. The Morgan fingerprint density at radius 1 is 1.41 bits per heavy atom. The van der Waals surface area contributed by atoms with Gasteiger partial charge in [0.25, 0.3) is 0 Å². The molecular formula is C17H21NO4. The zero-order valence-corrected chi connectivity index (χ0v) is 13.0. The van der Waals surface area contributed by atoms with Crippen molar-refractivity contribution in [3.05, 3.63) is 42.5 Å². The molecule has 1 fully saturated rings. The molecule has 5 heteroatoms. The van der Waals surface area contributed by atoms with Crippen LogP contribution >= 0.6 is 0 Å². The molecule has 1 heterocycles. The number of hydrogen-bond acceptors (Lipinski definition) is 4. The number of rotatable bonds is 6. The van der Waals surface area contributed by atoms with E-state index >= 15 is 0 Å². The van der Waals surface area contributed by atoms with Crippen molar-refractivity contribution in [3.8, 4) is 5.75 Å². The van der Waals surface area contributed by atoms with Gasteiger partial charge in [0, 0.05) is 13.1 Å². The average Bonchev–Trinajstić information content (AvgIpc) is 2.86. The summed E-state index contributed by atoms with van der Waals surface area (Å²) in [4.78, 5) is 26.4. The summed E-state index contributed by atoms with van der Waals surface area (Å²) in [5.41, 5.74) is -0.250. The van der Waals surface area contributed by atoms with Crippen LogP contribution in [0.3, 0.4) is 0 Å². The Kier molecular flexibility index (Phi) is 4.85. The summed E-state index contributed by atoms with van der Waals surface area (Å²) in [5, 5.41) is 0. The van der Waals surface area contributed by atoms with Crippen molar-refractivity contribution in [1.29, 1.82) is 0 Å². The van der Waals surface area contributed by atoms with Crippen molar-refractivity contribution in [2.45, 2.75) is 19.9 Å². The largest absolute Gasteiger partial charge is 0.497 e. The van der Waals surface area contributed by atoms with Crippen LogP contribution in [0.4, 0.5) is 0 Å². The van der Waals surface area contributed by atoms with Gasteiger partial charge in [-0.25, -0.2) is 0 Å². The standard InChI is InChI=1S/C17H21NO4/c1-4-17(16(20)22-5-2)10-11-18(15(17)19)12-13-6-8-14(21-3)9-7-13/h4,6-9H,1,5,10-12H2,2-3H3/t17-/m1/s1. The van der Waals surface area contributed by atoms with Gasteiger partial charge in [-0.05, 0) is 31.0 Å². The summed E-state index contributed by atoms with van der Waals surface area (Å²) in [6.07, 6.45) is 1.83. The maximum Gasteiger partial charge on any atom is 0.325 e. The molecule has 2 rings (SSSR count). The number of methoxy groups -OCH3 is 1. The van der Waals surface area contributed by atoms with E-state index in [0.29, 0.717) is 19.5 Å². The van der Waals surface area contributed by atoms with Gasteiger partial charge in [-0.15, -0.1) is 6.58 Å². The molecule has 118 valence electrons. The van der Waals surface area contributed by atoms with Crippen LogP contribution in [0.25, 0.3) is 0 Å². The Morgan fingerprint density at radius 2 is 2.09 bits per heavy atom. The molecule has 0 aromatic heterocycles. The molecule has 22 heavy (non-hydrogen) atoms. The van der Waals surface area contributed by atoms with Crippen LogP contribution in [0.5, 0.6) is 5.75 Å². The minimum Gasteiger partial charge on any atom is -0.497 e. The van der Waals surface area contributed by atoms with Crippen LogP contribution in [-0.4, -0.2) is 37.0 Å². The number of esters is 1. The average molecular weight is 303 g/mol. The first-order chi connectivity index (χ1) is 10.6. The number of nitrogens with zero attached hydrogens (tertiary/aromatic N) is 1. The van der Waals surface area contributed by atoms with E-state index in [1.807, 2.05) is 24.3 Å². The second kappa shape index (κ2) is 6.64. The topological polar surface area (TPSA) is 55.8 Å². The monoisotopic (exact) mass is 303 g/mol. The van der Waals surface area contributed by atoms with E-state index in [9.17, 15) is 9.59 Å². The predicted molar refractivity (Wildman–Crippen MR) is 82.3 cm³/mol. The maximum absolute atomic E-state index is 12.6. The SMILES string of the molecule is C=C[C@@]1(C(=O)OCC)CCN(Cc2ccc(OC)cc2)C1=O. The highest BCUT2D eigenvalue weighted by Gasteiger charge is 2.51. The Balaban J connectivity index is 2.12. The van der Waals surface area contributed by atoms with Crippen LogP contribution in [-0.2, 0) is 20.9 Å². The second-order valence-corrected chi connectivity index (χ2v) is 5.22. The first kappa shape index (κ1) is 16.1. The summed E-state index contributed by atoms with van der Waals surface area (Å²) in [5.74, 6) is 0.0208. The zero-order chi connectivity index (χ0) is 16.2. The number of carbonyl (C=O) groups is 2. The predicted octanol–water partition coefficient (Wildman–Crippen LogP) is 2.16. The number of amides is 1. The van der Waals surface area contributed by atoms with E-state index in [4.69, 9.17) is 9.47 Å². The summed E-state index contributed by atoms with van der Waals surface area (Å²) in [7, 11) is 1.61. The first-order valence-corrected chi connectivity index (χ1v) is 7.30. The molecule has 5 nitrogen and oxygen atoms in total. The number of likely N-dealkylation sites (tertiary alicyclic amines) is 1. The fraction of sp³-hybridized carbons (Fsp3) is 0.412. The summed E-state index contributed by atoms with van der Waals surface area (Å²) in [6.45, 7) is 6.61. The molecule has 0 bridgehead atoms. The van der Waals surface area contributed by atoms with E-state index in [1.165, 1.54) is 6.08 Å². The quantitative estimate of drug-likeness (QED) is 0.459. The molecule has 0 unspecified atom stereocenters. The van der Waals surface area contributed by atoms with Gasteiger partial charge in [-0.2, -0.15) is 0 Å². The molecule has 0 spiro atoms. The van der Waals surface area contributed by atoms with Gasteiger partial charge in [-0.3, -0.25) is 9.59 Å². The first-order valence-electron chi connectivity index (χ1n) is 7.30. The van der Waals surface area contributed by atoms with Crippen molar-refractivity contribution in [2.24, 2.45) is 5.41 Å². The Labute approximate surface area is 130 Å². The van der Waals surface area contributed by atoms with Gasteiger partial charge < -0.3 is 14.4 Å². The summed E-state index contributed by atoms with van der Waals surface area (Å²) in [6, 6.07) is 7.51. The molecule has 1 saturated heterocycles. The Bertz CT molecular complexity index is 567. The van der Waals surface area contributed by atoms with Gasteiger partial charge in [0.15, 0.2) is 5.41 Å². The highest BCUT2D eigenvalue weighted by Crippen LogP contribution is 2.35. The Morgan fingerprint density at radius 3 is 2.64 bits per heavy atom. The number of hydrogen-bond donors (Lipinski definition) is 0. The zero-order valence-electron chi connectivity index (χ0n) is 13.0. The fourth-order valence-electron chi connectivity index (χ4n) is 2.63. The fourth-order valence-corrected chi connectivity index (χ4v) is 2.63. The van der Waals surface area contributed by atoms with Crippen molar-refractivity contribution in [1.82, 2.24) is 4.90 Å². The molecule has 0 aliphatic carbocycles. The van der Waals surface area contributed by atoms with Crippen molar-refractivity contribution in [2.75, 3.05) is 20.3 Å². The Hall–Kier alpha value is -2.30. The van der Waals surface area contributed by atoms with E-state index in [-0.39, 0.29) is 12.5 Å². The van der Waals surface area contributed by atoms with Crippen LogP contribution in [0.2, 0.25) is 0 Å². The van der Waals surface area contributed by atoms with E-state index in [2.05, 4.69) is 6.58 Å². The third kappa shape index (κ3) is 2.84. The lowest BCUT2D eigenvalue weighted by molar-refractivity contribution is -0.157. The van der Waals surface area contributed by atoms with Crippen LogP contribution in [0.1, 0.15) is 18.9 Å². The number of carbonyl (C=O) groups excluding carboxylic acids is 2. The number of ether oxygens (including phenoxy) is 2. The normalized spacial score (nSPS) is 20.8. The van der Waals surface area contributed by atoms with Gasteiger partial charge in [0.2, 0.25) is 5.91 Å². The molecule has 0 saturated carbocycles. The van der Waals surface area contributed by atoms with Crippen LogP contribution in [0.15, 0.2) is 36.9 Å². The van der Waals surface area contributed by atoms with Crippen LogP contribution in [0, 0.1) is 5.41 Å². The molecule has 1 aromatic rings. The van der Waals surface area contributed by atoms with E-state index in [1.54, 1.807) is 18.9 Å². The molecule has 1 aromatic carbocycles. The molecule has 1 atom stereocenters. The van der Waals surface area contributed by atoms with E-state index in [0.717, 1.165) is 11.3 Å². The number of benzene rings is 1. The van der Waals surface area contributed by atoms with E-state index < -0.39 is 11.4 Å². The maximum atomic E-state index is 12.6.